The molecule has 1 aromatic rings. The van der Waals surface area contributed by atoms with E-state index in [0.29, 0.717) is 11.4 Å². The summed E-state index contributed by atoms with van der Waals surface area (Å²) >= 11 is 0. The molecule has 2 unspecified atom stereocenters. The minimum Gasteiger partial charge on any atom is -0.380 e. The third-order valence-corrected chi connectivity index (χ3v) is 5.93. The van der Waals surface area contributed by atoms with E-state index in [1.165, 1.54) is 0 Å². The van der Waals surface area contributed by atoms with E-state index in [1.54, 1.807) is 7.05 Å². The summed E-state index contributed by atoms with van der Waals surface area (Å²) in [4.78, 5) is 0.464. The fourth-order valence-electron chi connectivity index (χ4n) is 2.69. The number of nitrogens with one attached hydrogen (secondary N) is 2. The maximum Gasteiger partial charge on any atom is 0.186 e. The second-order valence-electron chi connectivity index (χ2n) is 5.03. The van der Waals surface area contributed by atoms with Crippen LogP contribution in [0.2, 0.25) is 0 Å². The van der Waals surface area contributed by atoms with Gasteiger partial charge in [-0.25, -0.2) is 8.42 Å². The van der Waals surface area contributed by atoms with Crippen LogP contribution in [0.4, 0.5) is 5.69 Å². The van der Waals surface area contributed by atoms with Gasteiger partial charge in [-0.15, -0.1) is 0 Å². The van der Waals surface area contributed by atoms with Crippen molar-refractivity contribution in [2.24, 2.45) is 0 Å². The Bertz CT molecular complexity index is 567. The predicted molar refractivity (Wildman–Crippen MR) is 73.9 cm³/mol. The summed E-state index contributed by atoms with van der Waals surface area (Å²) in [5.74, 6) is 0. The number of hydrogen-bond donors (Lipinski definition) is 2. The Morgan fingerprint density at radius 3 is 2.61 bits per heavy atom. The summed E-state index contributed by atoms with van der Waals surface area (Å²) in [6, 6.07) is 3.74. The number of anilines is 1. The van der Waals surface area contributed by atoms with Gasteiger partial charge in [0.2, 0.25) is 0 Å². The average Bonchev–Trinajstić information content (AvgIpc) is 2.22. The maximum absolute atomic E-state index is 12.7. The highest BCUT2D eigenvalue weighted by Gasteiger charge is 2.39. The molecule has 100 valence electrons. The first-order valence-corrected chi connectivity index (χ1v) is 7.69. The van der Waals surface area contributed by atoms with Gasteiger partial charge in [0.05, 0.1) is 15.8 Å². The fraction of sp³-hybridized carbons (Fsp3) is 0.538. The van der Waals surface area contributed by atoms with Crippen LogP contribution in [0.25, 0.3) is 0 Å². The molecule has 4 nitrogen and oxygen atoms in total. The summed E-state index contributed by atoms with van der Waals surface area (Å²) in [6.07, 6.45) is 0. The van der Waals surface area contributed by atoms with Crippen molar-refractivity contribution in [1.29, 1.82) is 0 Å². The fourth-order valence-corrected chi connectivity index (χ4v) is 4.91. The van der Waals surface area contributed by atoms with Crippen molar-refractivity contribution in [2.75, 3.05) is 18.9 Å². The van der Waals surface area contributed by atoms with Crippen LogP contribution in [0.5, 0.6) is 0 Å². The first-order valence-electron chi connectivity index (χ1n) is 6.14. The molecule has 0 fully saturated rings. The molecule has 5 heteroatoms. The molecule has 1 aromatic carbocycles. The Balaban J connectivity index is 2.63. The Morgan fingerprint density at radius 2 is 2.00 bits per heavy atom. The van der Waals surface area contributed by atoms with E-state index < -0.39 is 15.1 Å². The maximum atomic E-state index is 12.7. The van der Waals surface area contributed by atoms with Crippen molar-refractivity contribution in [1.82, 2.24) is 5.32 Å². The third-order valence-electron chi connectivity index (χ3n) is 3.45. The van der Waals surface area contributed by atoms with Gasteiger partial charge < -0.3 is 10.6 Å². The highest BCUT2D eigenvalue weighted by molar-refractivity contribution is 7.92. The van der Waals surface area contributed by atoms with E-state index in [0.717, 1.165) is 16.8 Å². The standard InChI is InChI=1S/C13H20N2O2S/c1-8-5-9(2)13-11(6-8)15-10(3)12(7-14-4)18(13,16)17/h5-6,10,12,14-15H,7H2,1-4H3. The number of fused-ring (bicyclic) bond motifs is 1. The monoisotopic (exact) mass is 268 g/mol. The zero-order chi connectivity index (χ0) is 13.5. The van der Waals surface area contributed by atoms with Crippen LogP contribution in [0.15, 0.2) is 17.0 Å². The molecule has 0 spiro atoms. The molecule has 0 saturated heterocycles. The molecule has 18 heavy (non-hydrogen) atoms. The number of benzene rings is 1. The molecule has 1 heterocycles. The summed E-state index contributed by atoms with van der Waals surface area (Å²) in [5, 5.41) is 5.86. The number of aryl methyl sites for hydroxylation is 2. The summed E-state index contributed by atoms with van der Waals surface area (Å²) in [7, 11) is -1.49. The third kappa shape index (κ3) is 2.01. The van der Waals surface area contributed by atoms with Gasteiger partial charge in [0.25, 0.3) is 0 Å². The summed E-state index contributed by atoms with van der Waals surface area (Å²) in [6.45, 7) is 6.22. The molecule has 0 amide bonds. The van der Waals surface area contributed by atoms with Crippen molar-refractivity contribution in [3.8, 4) is 0 Å². The van der Waals surface area contributed by atoms with Crippen LogP contribution >= 0.6 is 0 Å². The van der Waals surface area contributed by atoms with E-state index in [-0.39, 0.29) is 6.04 Å². The average molecular weight is 268 g/mol. The van der Waals surface area contributed by atoms with Gasteiger partial charge in [-0.3, -0.25) is 0 Å². The number of sulfone groups is 1. The van der Waals surface area contributed by atoms with Crippen molar-refractivity contribution >= 4 is 15.5 Å². The van der Waals surface area contributed by atoms with Crippen molar-refractivity contribution in [3.05, 3.63) is 23.3 Å². The number of hydrogen-bond acceptors (Lipinski definition) is 4. The quantitative estimate of drug-likeness (QED) is 0.853. The van der Waals surface area contributed by atoms with E-state index >= 15 is 0 Å². The van der Waals surface area contributed by atoms with E-state index in [2.05, 4.69) is 10.6 Å². The smallest absolute Gasteiger partial charge is 0.186 e. The SMILES string of the molecule is CNCC1C(C)Nc2cc(C)cc(C)c2S1(=O)=O. The summed E-state index contributed by atoms with van der Waals surface area (Å²) in [5.41, 5.74) is 2.64. The van der Waals surface area contributed by atoms with Gasteiger partial charge in [0.1, 0.15) is 0 Å². The molecule has 2 atom stereocenters. The lowest BCUT2D eigenvalue weighted by Gasteiger charge is -2.33. The van der Waals surface area contributed by atoms with E-state index in [4.69, 9.17) is 0 Å². The first kappa shape index (κ1) is 13.4. The minimum atomic E-state index is -3.27. The van der Waals surface area contributed by atoms with Crippen LogP contribution in [0.3, 0.4) is 0 Å². The van der Waals surface area contributed by atoms with Crippen LogP contribution in [-0.2, 0) is 9.84 Å². The largest absolute Gasteiger partial charge is 0.380 e. The lowest BCUT2D eigenvalue weighted by atomic mass is 10.1. The van der Waals surface area contributed by atoms with Crippen molar-refractivity contribution in [2.45, 2.75) is 37.0 Å². The van der Waals surface area contributed by atoms with Gasteiger partial charge in [-0.05, 0) is 45.0 Å². The van der Waals surface area contributed by atoms with Crippen LogP contribution in [0, 0.1) is 13.8 Å². The summed E-state index contributed by atoms with van der Waals surface area (Å²) < 4.78 is 25.3. The van der Waals surface area contributed by atoms with E-state index in [9.17, 15) is 8.42 Å². The van der Waals surface area contributed by atoms with Crippen molar-refractivity contribution in [3.63, 3.8) is 0 Å². The predicted octanol–water partition coefficient (Wildman–Crippen LogP) is 1.48. The molecule has 0 saturated carbocycles. The van der Waals surface area contributed by atoms with E-state index in [1.807, 2.05) is 32.9 Å². The van der Waals surface area contributed by atoms with Crippen LogP contribution < -0.4 is 10.6 Å². The molecule has 1 aliphatic rings. The van der Waals surface area contributed by atoms with Gasteiger partial charge in [-0.2, -0.15) is 0 Å². The number of rotatable bonds is 2. The lowest BCUT2D eigenvalue weighted by Crippen LogP contribution is -2.47. The van der Waals surface area contributed by atoms with Crippen molar-refractivity contribution < 1.29 is 8.42 Å². The molecular weight excluding hydrogens is 248 g/mol. The molecule has 2 rings (SSSR count). The zero-order valence-electron chi connectivity index (χ0n) is 11.2. The zero-order valence-corrected chi connectivity index (χ0v) is 12.1. The molecule has 0 bridgehead atoms. The molecule has 0 aliphatic carbocycles. The Morgan fingerprint density at radius 1 is 1.33 bits per heavy atom. The Kier molecular flexibility index (Phi) is 3.38. The Labute approximate surface area is 109 Å². The lowest BCUT2D eigenvalue weighted by molar-refractivity contribution is 0.548. The second kappa shape index (κ2) is 4.55. The first-order chi connectivity index (χ1) is 8.37. The highest BCUT2D eigenvalue weighted by Crippen LogP contribution is 2.35. The molecule has 0 aromatic heterocycles. The van der Waals surface area contributed by atoms with Gasteiger partial charge in [-0.1, -0.05) is 6.07 Å². The molecular formula is C13H20N2O2S. The highest BCUT2D eigenvalue weighted by atomic mass is 32.2. The van der Waals surface area contributed by atoms with Gasteiger partial charge in [0.15, 0.2) is 9.84 Å². The van der Waals surface area contributed by atoms with Crippen LogP contribution in [0.1, 0.15) is 18.1 Å². The minimum absolute atomic E-state index is 0.0869. The second-order valence-corrected chi connectivity index (χ2v) is 7.14. The normalized spacial score (nSPS) is 25.3. The Hall–Kier alpha value is -1.07. The van der Waals surface area contributed by atoms with Crippen LogP contribution in [-0.4, -0.2) is 33.3 Å². The van der Waals surface area contributed by atoms with Gasteiger partial charge in [0, 0.05) is 12.6 Å². The molecule has 1 aliphatic heterocycles. The topological polar surface area (TPSA) is 58.2 Å². The van der Waals surface area contributed by atoms with Gasteiger partial charge >= 0.3 is 0 Å². The molecule has 0 radical (unpaired) electrons. The molecule has 2 N–H and O–H groups in total.